The molecule has 4 nitrogen and oxygen atoms in total. The van der Waals surface area contributed by atoms with Gasteiger partial charge in [-0.25, -0.2) is 0 Å². The number of nitrogens with zero attached hydrogens (tertiary/aromatic N) is 2. The number of benzene rings is 12. The number of furan rings is 2. The van der Waals surface area contributed by atoms with Crippen molar-refractivity contribution in [3.8, 4) is 22.3 Å². The monoisotopic (exact) mass is 924 g/mol. The van der Waals surface area contributed by atoms with Crippen LogP contribution in [0.5, 0.6) is 0 Å². The molecule has 14 rings (SSSR count). The number of aryl methyl sites for hydroxylation is 4. The lowest BCUT2D eigenvalue weighted by Crippen LogP contribution is -2.12. The molecule has 0 spiro atoms. The maximum Gasteiger partial charge on any atom is 0.143 e. The maximum atomic E-state index is 6.59. The van der Waals surface area contributed by atoms with Crippen LogP contribution in [0.3, 0.4) is 0 Å². The third-order valence-electron chi connectivity index (χ3n) is 14.7. The molecule has 0 bridgehead atoms. The number of hydrogen-bond acceptors (Lipinski definition) is 4. The molecule has 12 aromatic carbocycles. The van der Waals surface area contributed by atoms with Crippen LogP contribution < -0.4 is 9.80 Å². The van der Waals surface area contributed by atoms with Gasteiger partial charge in [0, 0.05) is 66.2 Å². The van der Waals surface area contributed by atoms with Gasteiger partial charge < -0.3 is 18.6 Å². The summed E-state index contributed by atoms with van der Waals surface area (Å²) in [4.78, 5) is 4.90. The van der Waals surface area contributed by atoms with E-state index < -0.39 is 0 Å². The highest BCUT2D eigenvalue weighted by atomic mass is 16.3. The molecule has 0 fully saturated rings. The van der Waals surface area contributed by atoms with Gasteiger partial charge in [-0.3, -0.25) is 0 Å². The molecule has 72 heavy (non-hydrogen) atoms. The van der Waals surface area contributed by atoms with Crippen LogP contribution in [0, 0.1) is 27.7 Å². The van der Waals surface area contributed by atoms with Gasteiger partial charge in [-0.1, -0.05) is 146 Å². The summed E-state index contributed by atoms with van der Waals surface area (Å²) in [5.74, 6) is 0. The number of rotatable bonds is 8. The third kappa shape index (κ3) is 6.67. The van der Waals surface area contributed by atoms with Gasteiger partial charge >= 0.3 is 0 Å². The van der Waals surface area contributed by atoms with Gasteiger partial charge in [0.15, 0.2) is 0 Å². The Kier molecular flexibility index (Phi) is 9.43. The van der Waals surface area contributed by atoms with E-state index in [1.165, 1.54) is 54.6 Å². The van der Waals surface area contributed by atoms with Crippen LogP contribution in [-0.4, -0.2) is 0 Å². The Morgan fingerprint density at radius 2 is 0.681 bits per heavy atom. The standard InChI is InChI=1S/C68H48N2O2/c1-41-33-42(2)36-51(35-41)69(49-15-9-13-47(39-49)53-19-11-21-57-55-17-5-7-23-63(55)71-67(53)57)61-31-27-45-26-30-60-62(32-28-46-25-29-59(61)65(45)66(46)60)70(52-37-43(3)34-44(4)38-52)50-16-10-14-48(40-50)54-20-12-22-58-56-18-6-8-24-64(56)72-68(54)58/h5-40H,1-4H3. The average molecular weight is 925 g/mol. The van der Waals surface area contributed by atoms with Crippen molar-refractivity contribution in [2.24, 2.45) is 0 Å². The zero-order valence-corrected chi connectivity index (χ0v) is 40.5. The molecule has 0 aliphatic heterocycles. The molecule has 0 aliphatic rings. The molecule has 14 aromatic rings. The van der Waals surface area contributed by atoms with Crippen molar-refractivity contribution in [1.29, 1.82) is 0 Å². The van der Waals surface area contributed by atoms with Crippen molar-refractivity contribution in [2.45, 2.75) is 27.7 Å². The Morgan fingerprint density at radius 1 is 0.292 bits per heavy atom. The summed E-state index contributed by atoms with van der Waals surface area (Å²) in [6, 6.07) is 79.7. The summed E-state index contributed by atoms with van der Waals surface area (Å²) in [5.41, 5.74) is 19.4. The number of hydrogen-bond donors (Lipinski definition) is 0. The fourth-order valence-electron chi connectivity index (χ4n) is 11.7. The Morgan fingerprint density at radius 3 is 1.12 bits per heavy atom. The van der Waals surface area contributed by atoms with Crippen molar-refractivity contribution in [3.05, 3.63) is 241 Å². The highest BCUT2D eigenvalue weighted by Crippen LogP contribution is 2.49. The maximum absolute atomic E-state index is 6.59. The highest BCUT2D eigenvalue weighted by molar-refractivity contribution is 6.28. The van der Waals surface area contributed by atoms with Crippen LogP contribution >= 0.6 is 0 Å². The molecule has 2 aromatic heterocycles. The van der Waals surface area contributed by atoms with Gasteiger partial charge in [0.1, 0.15) is 22.3 Å². The highest BCUT2D eigenvalue weighted by Gasteiger charge is 2.24. The van der Waals surface area contributed by atoms with Crippen LogP contribution in [0.25, 0.3) is 98.4 Å². The van der Waals surface area contributed by atoms with Crippen molar-refractivity contribution < 1.29 is 8.83 Å². The van der Waals surface area contributed by atoms with E-state index in [1.807, 2.05) is 12.1 Å². The lowest BCUT2D eigenvalue weighted by Gasteiger charge is -2.30. The van der Waals surface area contributed by atoms with Gasteiger partial charge in [0.05, 0.1) is 11.4 Å². The number of fused-ring (bicyclic) bond motifs is 6. The van der Waals surface area contributed by atoms with E-state index in [0.717, 1.165) is 100 Å². The Labute approximate surface area is 417 Å². The number of anilines is 6. The second kappa shape index (κ2) is 16.2. The first-order valence-electron chi connectivity index (χ1n) is 24.8. The molecular weight excluding hydrogens is 877 g/mol. The molecule has 0 saturated carbocycles. The summed E-state index contributed by atoms with van der Waals surface area (Å²) < 4.78 is 13.2. The second-order valence-corrected chi connectivity index (χ2v) is 19.6. The molecule has 0 N–H and O–H groups in total. The SMILES string of the molecule is Cc1cc(C)cc(N(c2cccc(-c3cccc4c3oc3ccccc34)c2)c2ccc3ccc4c(N(c5cc(C)cc(C)c5)c5cccc(-c6cccc7c6oc6ccccc67)c5)ccc5ccc2c3c54)c1. The van der Waals surface area contributed by atoms with Crippen molar-refractivity contribution in [3.63, 3.8) is 0 Å². The molecule has 0 saturated heterocycles. The third-order valence-corrected chi connectivity index (χ3v) is 14.7. The van der Waals surface area contributed by atoms with Crippen LogP contribution in [0.15, 0.2) is 227 Å². The largest absolute Gasteiger partial charge is 0.455 e. The van der Waals surface area contributed by atoms with E-state index >= 15 is 0 Å². The van der Waals surface area contributed by atoms with Gasteiger partial charge in [0.2, 0.25) is 0 Å². The summed E-state index contributed by atoms with van der Waals surface area (Å²) in [7, 11) is 0. The van der Waals surface area contributed by atoms with E-state index in [-0.39, 0.29) is 0 Å². The molecule has 2 heterocycles. The van der Waals surface area contributed by atoms with Crippen LogP contribution in [-0.2, 0) is 0 Å². The predicted octanol–water partition coefficient (Wildman–Crippen LogP) is 19.9. The Hall–Kier alpha value is -9.12. The first-order valence-corrected chi connectivity index (χ1v) is 24.8. The van der Waals surface area contributed by atoms with Crippen LogP contribution in [0.2, 0.25) is 0 Å². The minimum absolute atomic E-state index is 0.896. The normalized spacial score (nSPS) is 11.9. The van der Waals surface area contributed by atoms with E-state index in [2.05, 4.69) is 244 Å². The molecule has 0 atom stereocenters. The minimum Gasteiger partial charge on any atom is -0.455 e. The molecule has 342 valence electrons. The summed E-state index contributed by atoms with van der Waals surface area (Å²) >= 11 is 0. The fraction of sp³-hybridized carbons (Fsp3) is 0.0588. The Bertz CT molecular complexity index is 4150. The molecule has 0 amide bonds. The van der Waals surface area contributed by atoms with E-state index in [4.69, 9.17) is 8.83 Å². The zero-order chi connectivity index (χ0) is 48.2. The van der Waals surface area contributed by atoms with Gasteiger partial charge in [0.25, 0.3) is 0 Å². The average Bonchev–Trinajstić information content (AvgIpc) is 3.97. The van der Waals surface area contributed by atoms with Crippen LogP contribution in [0.1, 0.15) is 22.3 Å². The molecule has 0 unspecified atom stereocenters. The molecule has 0 aliphatic carbocycles. The molecule has 0 radical (unpaired) electrons. The lowest BCUT2D eigenvalue weighted by atomic mass is 9.91. The first-order chi connectivity index (χ1) is 35.3. The minimum atomic E-state index is 0.896. The number of para-hydroxylation sites is 4. The van der Waals surface area contributed by atoms with Gasteiger partial charge in [-0.05, 0) is 155 Å². The topological polar surface area (TPSA) is 32.8 Å². The summed E-state index contributed by atoms with van der Waals surface area (Å²) in [6.45, 7) is 8.76. The fourth-order valence-corrected chi connectivity index (χ4v) is 11.7. The summed E-state index contributed by atoms with van der Waals surface area (Å²) in [5, 5.41) is 11.8. The van der Waals surface area contributed by atoms with Gasteiger partial charge in [-0.15, -0.1) is 0 Å². The second-order valence-electron chi connectivity index (χ2n) is 19.6. The Balaban J connectivity index is 0.969. The van der Waals surface area contributed by atoms with E-state index in [1.54, 1.807) is 0 Å². The smallest absolute Gasteiger partial charge is 0.143 e. The first kappa shape index (κ1) is 41.8. The van der Waals surface area contributed by atoms with Crippen molar-refractivity contribution in [1.82, 2.24) is 0 Å². The van der Waals surface area contributed by atoms with Crippen LogP contribution in [0.4, 0.5) is 34.1 Å². The molecular formula is C68H48N2O2. The predicted molar refractivity (Wildman–Crippen MR) is 304 cm³/mol. The molecule has 4 heteroatoms. The van der Waals surface area contributed by atoms with Crippen molar-refractivity contribution >= 4 is 110 Å². The summed E-state index contributed by atoms with van der Waals surface area (Å²) in [6.07, 6.45) is 0. The quantitative estimate of drug-likeness (QED) is 0.142. The van der Waals surface area contributed by atoms with E-state index in [0.29, 0.717) is 0 Å². The van der Waals surface area contributed by atoms with Gasteiger partial charge in [-0.2, -0.15) is 0 Å². The lowest BCUT2D eigenvalue weighted by molar-refractivity contribution is 0.669. The van der Waals surface area contributed by atoms with E-state index in [9.17, 15) is 0 Å². The van der Waals surface area contributed by atoms with Crippen molar-refractivity contribution in [2.75, 3.05) is 9.80 Å². The zero-order valence-electron chi connectivity index (χ0n) is 40.5.